The van der Waals surface area contributed by atoms with Crippen molar-refractivity contribution in [3.05, 3.63) is 5.01 Å². The molecule has 0 radical (unpaired) electrons. The number of hydrogen-bond donors (Lipinski definition) is 1. The van der Waals surface area contributed by atoms with Gasteiger partial charge in [-0.05, 0) is 6.92 Å². The van der Waals surface area contributed by atoms with Gasteiger partial charge in [-0.3, -0.25) is 0 Å². The summed E-state index contributed by atoms with van der Waals surface area (Å²) in [6.45, 7) is 2.12. The van der Waals surface area contributed by atoms with Crippen molar-refractivity contribution >= 4 is 23.1 Å². The first-order chi connectivity index (χ1) is 4.83. The Morgan fingerprint density at radius 2 is 2.40 bits per heavy atom. The molecule has 0 amide bonds. The number of nitrogens with zero attached hydrogens (tertiary/aromatic N) is 2. The third-order valence-corrected chi connectivity index (χ3v) is 2.78. The summed E-state index contributed by atoms with van der Waals surface area (Å²) in [5.74, 6) is 0.703. The van der Waals surface area contributed by atoms with Gasteiger partial charge in [0.25, 0.3) is 0 Å². The lowest BCUT2D eigenvalue weighted by Gasteiger charge is -1.87. The zero-order valence-corrected chi connectivity index (χ0v) is 7.21. The Morgan fingerprint density at radius 1 is 1.60 bits per heavy atom. The van der Waals surface area contributed by atoms with Gasteiger partial charge in [0.15, 0.2) is 4.34 Å². The van der Waals surface area contributed by atoms with Gasteiger partial charge in [-0.2, -0.15) is 0 Å². The van der Waals surface area contributed by atoms with Crippen LogP contribution in [0.2, 0.25) is 0 Å². The number of rotatable bonds is 3. The Kier molecular flexibility index (Phi) is 3.11. The van der Waals surface area contributed by atoms with Gasteiger partial charge in [-0.1, -0.05) is 23.1 Å². The van der Waals surface area contributed by atoms with Crippen molar-refractivity contribution in [3.63, 3.8) is 0 Å². The van der Waals surface area contributed by atoms with Crippen LogP contribution in [-0.2, 0) is 0 Å². The van der Waals surface area contributed by atoms with Gasteiger partial charge < -0.3 is 5.11 Å². The van der Waals surface area contributed by atoms with Crippen LogP contribution < -0.4 is 0 Å². The first-order valence-electron chi connectivity index (χ1n) is 2.86. The lowest BCUT2D eigenvalue weighted by molar-refractivity contribution is 0.322. The molecule has 10 heavy (non-hydrogen) atoms. The molecule has 0 aliphatic rings. The van der Waals surface area contributed by atoms with E-state index in [1.165, 1.54) is 11.8 Å². The van der Waals surface area contributed by atoms with Crippen LogP contribution in [0.4, 0.5) is 0 Å². The molecule has 56 valence electrons. The SMILES string of the molecule is Cc1nnc(SCCO)s1. The molecule has 3 nitrogen and oxygen atoms in total. The van der Waals surface area contributed by atoms with Crippen molar-refractivity contribution in [1.29, 1.82) is 0 Å². The molecule has 1 heterocycles. The van der Waals surface area contributed by atoms with Crippen molar-refractivity contribution < 1.29 is 5.11 Å². The van der Waals surface area contributed by atoms with E-state index in [0.717, 1.165) is 9.35 Å². The minimum absolute atomic E-state index is 0.198. The Labute approximate surface area is 67.5 Å². The predicted octanol–water partition coefficient (Wildman–Crippen LogP) is 0.931. The normalized spacial score (nSPS) is 10.2. The van der Waals surface area contributed by atoms with E-state index in [9.17, 15) is 0 Å². The van der Waals surface area contributed by atoms with Gasteiger partial charge in [-0.25, -0.2) is 0 Å². The molecular formula is C5H8N2OS2. The third-order valence-electron chi connectivity index (χ3n) is 0.824. The van der Waals surface area contributed by atoms with Gasteiger partial charge >= 0.3 is 0 Å². The highest BCUT2D eigenvalue weighted by Gasteiger charge is 1.98. The number of hydrogen-bond acceptors (Lipinski definition) is 5. The summed E-state index contributed by atoms with van der Waals surface area (Å²) in [4.78, 5) is 0. The molecule has 0 atom stereocenters. The Balaban J connectivity index is 2.42. The van der Waals surface area contributed by atoms with Gasteiger partial charge in [0.2, 0.25) is 0 Å². The summed E-state index contributed by atoms with van der Waals surface area (Å²) in [5, 5.41) is 17.2. The number of thioether (sulfide) groups is 1. The molecule has 0 bridgehead atoms. The Hall–Kier alpha value is -0.130. The quantitative estimate of drug-likeness (QED) is 0.696. The fourth-order valence-corrected chi connectivity index (χ4v) is 2.10. The molecular weight excluding hydrogens is 168 g/mol. The number of aryl methyl sites for hydroxylation is 1. The molecule has 0 saturated carbocycles. The minimum atomic E-state index is 0.198. The Bertz CT molecular complexity index is 201. The average Bonchev–Trinajstić information content (AvgIpc) is 2.31. The third kappa shape index (κ3) is 2.24. The van der Waals surface area contributed by atoms with Crippen LogP contribution in [0.1, 0.15) is 5.01 Å². The molecule has 1 aromatic rings. The molecule has 1 rings (SSSR count). The van der Waals surface area contributed by atoms with E-state index >= 15 is 0 Å². The van der Waals surface area contributed by atoms with Gasteiger partial charge in [0.1, 0.15) is 5.01 Å². The van der Waals surface area contributed by atoms with Crippen molar-refractivity contribution in [3.8, 4) is 0 Å². The van der Waals surface area contributed by atoms with E-state index in [0.29, 0.717) is 5.75 Å². The lowest BCUT2D eigenvalue weighted by atomic mass is 10.9. The van der Waals surface area contributed by atoms with Crippen LogP contribution in [0.5, 0.6) is 0 Å². The maximum Gasteiger partial charge on any atom is 0.174 e. The smallest absolute Gasteiger partial charge is 0.174 e. The molecule has 0 aromatic carbocycles. The summed E-state index contributed by atoms with van der Waals surface area (Å²) in [5.41, 5.74) is 0. The molecule has 0 spiro atoms. The van der Waals surface area contributed by atoms with Crippen LogP contribution in [-0.4, -0.2) is 27.7 Å². The van der Waals surface area contributed by atoms with Crippen molar-refractivity contribution in [2.75, 3.05) is 12.4 Å². The second kappa shape index (κ2) is 3.90. The molecule has 1 N–H and O–H groups in total. The molecule has 0 aliphatic carbocycles. The van der Waals surface area contributed by atoms with E-state index in [4.69, 9.17) is 5.11 Å². The van der Waals surface area contributed by atoms with E-state index in [1.54, 1.807) is 11.3 Å². The van der Waals surface area contributed by atoms with E-state index in [-0.39, 0.29) is 6.61 Å². The maximum atomic E-state index is 8.47. The highest BCUT2D eigenvalue weighted by molar-refractivity contribution is 8.01. The van der Waals surface area contributed by atoms with E-state index in [1.807, 2.05) is 6.92 Å². The van der Waals surface area contributed by atoms with Gasteiger partial charge in [0, 0.05) is 5.75 Å². The van der Waals surface area contributed by atoms with Gasteiger partial charge in [0.05, 0.1) is 6.61 Å². The molecule has 1 aromatic heterocycles. The topological polar surface area (TPSA) is 46.0 Å². The number of aliphatic hydroxyl groups is 1. The van der Waals surface area contributed by atoms with Crippen molar-refractivity contribution in [1.82, 2.24) is 10.2 Å². The molecule has 0 unspecified atom stereocenters. The molecule has 0 saturated heterocycles. The second-order valence-electron chi connectivity index (χ2n) is 1.66. The highest BCUT2D eigenvalue weighted by Crippen LogP contribution is 2.20. The standard InChI is InChI=1S/C5H8N2OS2/c1-4-6-7-5(10-4)9-3-2-8/h8H,2-3H2,1H3. The number of aliphatic hydroxyl groups excluding tert-OH is 1. The summed E-state index contributed by atoms with van der Waals surface area (Å²) < 4.78 is 0.937. The lowest BCUT2D eigenvalue weighted by Crippen LogP contribution is -1.84. The van der Waals surface area contributed by atoms with Crippen LogP contribution in [0.15, 0.2) is 4.34 Å². The predicted molar refractivity (Wildman–Crippen MR) is 42.5 cm³/mol. The van der Waals surface area contributed by atoms with Crippen LogP contribution in [0.3, 0.4) is 0 Å². The fraction of sp³-hybridized carbons (Fsp3) is 0.600. The number of aromatic nitrogens is 2. The first kappa shape index (κ1) is 7.97. The van der Waals surface area contributed by atoms with E-state index in [2.05, 4.69) is 10.2 Å². The maximum absolute atomic E-state index is 8.47. The van der Waals surface area contributed by atoms with Crippen molar-refractivity contribution in [2.24, 2.45) is 0 Å². The summed E-state index contributed by atoms with van der Waals surface area (Å²) in [6.07, 6.45) is 0. The molecule has 0 aliphatic heterocycles. The monoisotopic (exact) mass is 176 g/mol. The molecule has 0 fully saturated rings. The summed E-state index contributed by atoms with van der Waals surface area (Å²) in [7, 11) is 0. The molecule has 5 heteroatoms. The first-order valence-corrected chi connectivity index (χ1v) is 4.67. The minimum Gasteiger partial charge on any atom is -0.396 e. The zero-order chi connectivity index (χ0) is 7.40. The van der Waals surface area contributed by atoms with Crippen molar-refractivity contribution in [2.45, 2.75) is 11.3 Å². The van der Waals surface area contributed by atoms with Crippen LogP contribution in [0, 0.1) is 6.92 Å². The summed E-state index contributed by atoms with van der Waals surface area (Å²) in [6, 6.07) is 0. The highest BCUT2D eigenvalue weighted by atomic mass is 32.2. The largest absolute Gasteiger partial charge is 0.396 e. The fourth-order valence-electron chi connectivity index (χ4n) is 0.470. The second-order valence-corrected chi connectivity index (χ2v) is 4.18. The van der Waals surface area contributed by atoms with Crippen LogP contribution in [0.25, 0.3) is 0 Å². The average molecular weight is 176 g/mol. The van der Waals surface area contributed by atoms with Crippen LogP contribution >= 0.6 is 23.1 Å². The Morgan fingerprint density at radius 3 is 2.90 bits per heavy atom. The van der Waals surface area contributed by atoms with E-state index < -0.39 is 0 Å². The summed E-state index contributed by atoms with van der Waals surface area (Å²) >= 11 is 3.09. The van der Waals surface area contributed by atoms with Gasteiger partial charge in [-0.15, -0.1) is 10.2 Å². The zero-order valence-electron chi connectivity index (χ0n) is 5.57.